The van der Waals surface area contributed by atoms with Crippen molar-refractivity contribution in [3.63, 3.8) is 0 Å². The quantitative estimate of drug-likeness (QED) is 0.442. The molecule has 4 heterocycles. The van der Waals surface area contributed by atoms with Gasteiger partial charge in [-0.25, -0.2) is 10.0 Å². The second-order valence-electron chi connectivity index (χ2n) is 8.36. The third-order valence-corrected chi connectivity index (χ3v) is 6.37. The summed E-state index contributed by atoms with van der Waals surface area (Å²) in [4.78, 5) is 55.0. The molecule has 1 unspecified atom stereocenters. The molecule has 0 radical (unpaired) electrons. The fourth-order valence-electron chi connectivity index (χ4n) is 4.89. The molecule has 11 nitrogen and oxygen atoms in total. The molecule has 3 aromatic rings. The summed E-state index contributed by atoms with van der Waals surface area (Å²) in [5.41, 5.74) is -0.836. The van der Waals surface area contributed by atoms with E-state index < -0.39 is 22.0 Å². The number of piperidine rings is 1. The van der Waals surface area contributed by atoms with Gasteiger partial charge in [0.2, 0.25) is 11.6 Å². The minimum absolute atomic E-state index is 0.0152. The van der Waals surface area contributed by atoms with Crippen LogP contribution in [0.3, 0.4) is 0 Å². The van der Waals surface area contributed by atoms with Crippen LogP contribution in [0.1, 0.15) is 18.0 Å². The molecule has 2 aliphatic heterocycles. The Bertz CT molecular complexity index is 1400. The smallest absolute Gasteiger partial charge is 0.329 e. The minimum Gasteiger partial charge on any atom is -0.595 e. The number of amides is 1. The van der Waals surface area contributed by atoms with E-state index in [1.54, 1.807) is 35.2 Å². The molecule has 1 amide bonds. The first-order chi connectivity index (χ1) is 15.3. The van der Waals surface area contributed by atoms with E-state index in [0.717, 1.165) is 11.0 Å². The number of carbonyl (C=O) groups excluding carboxylic acids is 1. The van der Waals surface area contributed by atoms with Gasteiger partial charge in [0.15, 0.2) is 0 Å². The highest BCUT2D eigenvalue weighted by Gasteiger charge is 2.37. The third-order valence-electron chi connectivity index (χ3n) is 6.37. The van der Waals surface area contributed by atoms with E-state index in [-0.39, 0.29) is 30.0 Å². The van der Waals surface area contributed by atoms with Gasteiger partial charge in [0, 0.05) is 37.3 Å². The minimum atomic E-state index is -1.26. The summed E-state index contributed by atoms with van der Waals surface area (Å²) >= 11 is 0. The van der Waals surface area contributed by atoms with Crippen molar-refractivity contribution in [2.24, 2.45) is 5.92 Å². The zero-order chi connectivity index (χ0) is 22.6. The number of para-hydroxylation sites is 1. The molecule has 0 spiro atoms. The Morgan fingerprint density at radius 3 is 2.66 bits per heavy atom. The fourth-order valence-corrected chi connectivity index (χ4v) is 4.89. The largest absolute Gasteiger partial charge is 0.595 e. The highest BCUT2D eigenvalue weighted by Crippen LogP contribution is 2.35. The number of rotatable bonds is 3. The number of hydrogen-bond donors (Lipinski definition) is 3. The second-order valence-corrected chi connectivity index (χ2v) is 8.36. The van der Waals surface area contributed by atoms with Gasteiger partial charge in [0.1, 0.15) is 6.54 Å². The average molecular weight is 439 g/mol. The molecule has 2 bridgehead atoms. The zero-order valence-corrected chi connectivity index (χ0v) is 17.0. The summed E-state index contributed by atoms with van der Waals surface area (Å²) < 4.78 is 2.41. The van der Waals surface area contributed by atoms with Gasteiger partial charge in [-0.2, -0.15) is 5.23 Å². The van der Waals surface area contributed by atoms with Crippen molar-refractivity contribution in [2.75, 3.05) is 13.1 Å². The van der Waals surface area contributed by atoms with Crippen molar-refractivity contribution < 1.29 is 15.2 Å². The van der Waals surface area contributed by atoms with Gasteiger partial charge in [0.05, 0.1) is 10.9 Å². The van der Waals surface area contributed by atoms with Crippen LogP contribution in [0.4, 0.5) is 5.69 Å². The Kier molecular flexibility index (Phi) is 4.81. The predicted octanol–water partition coefficient (Wildman–Crippen LogP) is -1.10. The fraction of sp³-hybridized carbons (Fsp3) is 0.333. The van der Waals surface area contributed by atoms with Crippen LogP contribution in [-0.4, -0.2) is 43.2 Å². The molecule has 2 aromatic heterocycles. The normalized spacial score (nSPS) is 20.8. The Labute approximate surface area is 180 Å². The Balaban J connectivity index is 1.42. The maximum atomic E-state index is 13.0. The first-order valence-electron chi connectivity index (χ1n) is 10.3. The van der Waals surface area contributed by atoms with Crippen LogP contribution in [0.2, 0.25) is 0 Å². The van der Waals surface area contributed by atoms with Crippen molar-refractivity contribution >= 4 is 22.5 Å². The highest BCUT2D eigenvalue weighted by molar-refractivity contribution is 5.79. The number of likely N-dealkylation sites (tertiary alicyclic amines) is 1. The zero-order valence-electron chi connectivity index (χ0n) is 17.0. The third kappa shape index (κ3) is 3.27. The van der Waals surface area contributed by atoms with Crippen LogP contribution >= 0.6 is 0 Å². The number of fused-ring (bicyclic) bond motifs is 5. The van der Waals surface area contributed by atoms with E-state index >= 15 is 0 Å². The van der Waals surface area contributed by atoms with Crippen LogP contribution in [0.5, 0.6) is 0 Å². The molecule has 1 fully saturated rings. The summed E-state index contributed by atoms with van der Waals surface area (Å²) in [6, 6.07) is 9.58. The number of quaternary nitrogens is 1. The van der Waals surface area contributed by atoms with E-state index in [9.17, 15) is 29.6 Å². The monoisotopic (exact) mass is 439 g/mol. The van der Waals surface area contributed by atoms with Gasteiger partial charge in [-0.3, -0.25) is 19.0 Å². The summed E-state index contributed by atoms with van der Waals surface area (Å²) in [5, 5.41) is 19.6. The summed E-state index contributed by atoms with van der Waals surface area (Å²) in [6.07, 6.45) is 0.784. The number of aromatic amines is 1. The molecule has 0 aliphatic carbocycles. The predicted molar refractivity (Wildman–Crippen MR) is 113 cm³/mol. The molecular formula is C21H21N5O6. The Morgan fingerprint density at radius 1 is 1.09 bits per heavy atom. The van der Waals surface area contributed by atoms with E-state index in [2.05, 4.69) is 4.98 Å². The molecule has 0 saturated carbocycles. The molecule has 5 rings (SSSR count). The van der Waals surface area contributed by atoms with Crippen molar-refractivity contribution in [3.05, 3.63) is 78.5 Å². The molecule has 32 heavy (non-hydrogen) atoms. The second kappa shape index (κ2) is 7.55. The van der Waals surface area contributed by atoms with Crippen LogP contribution in [-0.2, 0) is 17.9 Å². The number of pyridine rings is 1. The topological polar surface area (TPSA) is 145 Å². The average Bonchev–Trinajstić information content (AvgIpc) is 2.77. The Hall–Kier alpha value is -3.54. The molecule has 3 N–H and O–H groups in total. The van der Waals surface area contributed by atoms with Gasteiger partial charge >= 0.3 is 11.2 Å². The first-order valence-corrected chi connectivity index (χ1v) is 10.3. The molecule has 1 saturated heterocycles. The molecule has 11 heteroatoms. The lowest BCUT2D eigenvalue weighted by Gasteiger charge is -2.42. The van der Waals surface area contributed by atoms with Gasteiger partial charge in [0.25, 0.3) is 5.56 Å². The maximum absolute atomic E-state index is 13.0. The van der Waals surface area contributed by atoms with Crippen molar-refractivity contribution in [3.8, 4) is 0 Å². The summed E-state index contributed by atoms with van der Waals surface area (Å²) in [5.74, 6) is -0.479. The van der Waals surface area contributed by atoms with Gasteiger partial charge in [-0.05, 0) is 30.5 Å². The number of benzene rings is 1. The highest BCUT2D eigenvalue weighted by atomic mass is 16.8. The number of carbonyl (C=O) groups is 1. The number of nitrogens with zero attached hydrogens (tertiary/aromatic N) is 3. The molecular weight excluding hydrogens is 418 g/mol. The summed E-state index contributed by atoms with van der Waals surface area (Å²) in [7, 11) is 0. The SMILES string of the molecule is O=C(Cn1c(=O)[nH]c2ccccc2c1=O)N1C[C@H]2C[C@@H](C1)c1ccc([NH+]([O-])O)c(=O)n1C2. The number of nitrogens with one attached hydrogen (secondary N) is 2. The Morgan fingerprint density at radius 2 is 1.88 bits per heavy atom. The lowest BCUT2D eigenvalue weighted by Crippen LogP contribution is -3.00. The molecule has 166 valence electrons. The van der Waals surface area contributed by atoms with Crippen LogP contribution in [0.15, 0.2) is 50.8 Å². The van der Waals surface area contributed by atoms with Gasteiger partial charge in [-0.15, -0.1) is 0 Å². The van der Waals surface area contributed by atoms with Crippen LogP contribution < -0.4 is 22.0 Å². The lowest BCUT2D eigenvalue weighted by molar-refractivity contribution is -0.992. The molecule has 2 aliphatic rings. The van der Waals surface area contributed by atoms with Crippen molar-refractivity contribution in [1.29, 1.82) is 0 Å². The summed E-state index contributed by atoms with van der Waals surface area (Å²) in [6.45, 7) is 0.662. The van der Waals surface area contributed by atoms with E-state index in [1.165, 1.54) is 10.6 Å². The van der Waals surface area contributed by atoms with Crippen LogP contribution in [0.25, 0.3) is 10.9 Å². The number of hydrogen-bond acceptors (Lipinski definition) is 6. The number of H-pyrrole nitrogens is 1. The van der Waals surface area contributed by atoms with Crippen LogP contribution in [0, 0.1) is 11.1 Å². The standard InChI is InChI=1S/C21H21N5O6/c27-18(11-25-19(28)14-3-1-2-4-15(14)22-21(25)30)23-8-12-7-13(10-23)16-5-6-17(26(31)32)20(29)24(16)9-12/h1-6,12-13,26,31H,7-11H2,(H,22,30)/t12-,13+/m1/s1. The first kappa shape index (κ1) is 20.4. The number of aromatic nitrogens is 3. The van der Waals surface area contributed by atoms with Gasteiger partial charge in [-0.1, -0.05) is 12.1 Å². The van der Waals surface area contributed by atoms with Gasteiger partial charge < -0.3 is 19.7 Å². The molecule has 3 atom stereocenters. The lowest BCUT2D eigenvalue weighted by atomic mass is 9.83. The van der Waals surface area contributed by atoms with Crippen molar-refractivity contribution in [1.82, 2.24) is 19.0 Å². The van der Waals surface area contributed by atoms with E-state index in [1.807, 2.05) is 0 Å². The van der Waals surface area contributed by atoms with E-state index in [4.69, 9.17) is 0 Å². The van der Waals surface area contributed by atoms with E-state index in [0.29, 0.717) is 36.2 Å². The van der Waals surface area contributed by atoms with Crippen molar-refractivity contribution in [2.45, 2.75) is 25.4 Å². The molecule has 1 aromatic carbocycles. The maximum Gasteiger partial charge on any atom is 0.329 e.